The van der Waals surface area contributed by atoms with Gasteiger partial charge in [0.05, 0.1) is 6.61 Å². The van der Waals surface area contributed by atoms with Crippen molar-refractivity contribution in [2.24, 2.45) is 0 Å². The van der Waals surface area contributed by atoms with Gasteiger partial charge in [-0.1, -0.05) is 13.3 Å². The Kier molecular flexibility index (Phi) is 7.33. The average molecular weight is 271 g/mol. The van der Waals surface area contributed by atoms with Gasteiger partial charge < -0.3 is 15.2 Å². The predicted octanol–water partition coefficient (Wildman–Crippen LogP) is 1.32. The molecule has 0 aliphatic heterocycles. The van der Waals surface area contributed by atoms with E-state index < -0.39 is 37.3 Å². The summed E-state index contributed by atoms with van der Waals surface area (Å²) in [4.78, 5) is 21.9. The fourth-order valence-corrected chi connectivity index (χ4v) is 1.17. The molecule has 18 heavy (non-hydrogen) atoms. The molecule has 8 heteroatoms. The van der Waals surface area contributed by atoms with Gasteiger partial charge >= 0.3 is 12.1 Å². The van der Waals surface area contributed by atoms with Crippen LogP contribution in [0.4, 0.5) is 13.2 Å². The lowest BCUT2D eigenvalue weighted by Gasteiger charge is -2.13. The monoisotopic (exact) mass is 271 g/mol. The van der Waals surface area contributed by atoms with Crippen molar-refractivity contribution in [2.75, 3.05) is 13.2 Å². The van der Waals surface area contributed by atoms with Crippen LogP contribution in [-0.4, -0.2) is 42.4 Å². The Morgan fingerprint density at radius 2 is 2.00 bits per heavy atom. The molecule has 0 saturated carbocycles. The molecule has 106 valence electrons. The summed E-state index contributed by atoms with van der Waals surface area (Å²) in [6.07, 6.45) is -3.89. The molecular formula is C10H16F3NO4. The van der Waals surface area contributed by atoms with E-state index in [4.69, 9.17) is 5.11 Å². The van der Waals surface area contributed by atoms with Gasteiger partial charge in [0.1, 0.15) is 12.6 Å². The standard InChI is InChI=1S/C10H16F3NO4/c1-2-3-7(9(16)17)14-8(15)4-5-18-6-10(11,12)13/h7H,2-6H2,1H3,(H,14,15)(H,16,17). The number of carbonyl (C=O) groups is 2. The first-order valence-electron chi connectivity index (χ1n) is 5.43. The average Bonchev–Trinajstić information content (AvgIpc) is 2.22. The molecule has 0 heterocycles. The highest BCUT2D eigenvalue weighted by Crippen LogP contribution is 2.14. The van der Waals surface area contributed by atoms with E-state index in [9.17, 15) is 22.8 Å². The number of aliphatic carboxylic acids is 1. The molecule has 0 fully saturated rings. The van der Waals surface area contributed by atoms with Crippen LogP contribution in [0.25, 0.3) is 0 Å². The van der Waals surface area contributed by atoms with Crippen LogP contribution in [0.15, 0.2) is 0 Å². The molecule has 0 aliphatic carbocycles. The van der Waals surface area contributed by atoms with E-state index in [1.54, 1.807) is 6.92 Å². The van der Waals surface area contributed by atoms with Crippen LogP contribution >= 0.6 is 0 Å². The Morgan fingerprint density at radius 3 is 2.44 bits per heavy atom. The Balaban J connectivity index is 3.85. The highest BCUT2D eigenvalue weighted by molar-refractivity contribution is 5.83. The van der Waals surface area contributed by atoms with Crippen molar-refractivity contribution in [3.05, 3.63) is 0 Å². The smallest absolute Gasteiger partial charge is 0.411 e. The summed E-state index contributed by atoms with van der Waals surface area (Å²) < 4.78 is 39.3. The molecule has 1 amide bonds. The van der Waals surface area contributed by atoms with Crippen molar-refractivity contribution in [3.63, 3.8) is 0 Å². The molecule has 0 rings (SSSR count). The third kappa shape index (κ3) is 8.80. The predicted molar refractivity (Wildman–Crippen MR) is 56.0 cm³/mol. The van der Waals surface area contributed by atoms with E-state index in [2.05, 4.69) is 10.1 Å². The van der Waals surface area contributed by atoms with Gasteiger partial charge in [-0.15, -0.1) is 0 Å². The number of nitrogens with one attached hydrogen (secondary N) is 1. The van der Waals surface area contributed by atoms with E-state index in [-0.39, 0.29) is 12.8 Å². The van der Waals surface area contributed by atoms with Crippen LogP contribution in [-0.2, 0) is 14.3 Å². The third-order valence-electron chi connectivity index (χ3n) is 1.95. The lowest BCUT2D eigenvalue weighted by molar-refractivity contribution is -0.174. The van der Waals surface area contributed by atoms with Crippen molar-refractivity contribution in [3.8, 4) is 0 Å². The summed E-state index contributed by atoms with van der Waals surface area (Å²) in [6, 6.07) is -1.01. The SMILES string of the molecule is CCCC(NC(=O)CCOCC(F)(F)F)C(=O)O. The van der Waals surface area contributed by atoms with Crippen molar-refractivity contribution >= 4 is 11.9 Å². The third-order valence-corrected chi connectivity index (χ3v) is 1.95. The van der Waals surface area contributed by atoms with Gasteiger partial charge in [-0.2, -0.15) is 13.2 Å². The van der Waals surface area contributed by atoms with E-state index >= 15 is 0 Å². The fourth-order valence-electron chi connectivity index (χ4n) is 1.17. The van der Waals surface area contributed by atoms with E-state index in [1.165, 1.54) is 0 Å². The van der Waals surface area contributed by atoms with Crippen LogP contribution in [0.1, 0.15) is 26.2 Å². The Bertz CT molecular complexity index is 281. The van der Waals surface area contributed by atoms with Gasteiger partial charge in [0.25, 0.3) is 0 Å². The molecule has 1 atom stereocenters. The van der Waals surface area contributed by atoms with Crippen molar-refractivity contribution in [2.45, 2.75) is 38.4 Å². The molecule has 0 bridgehead atoms. The first-order valence-corrected chi connectivity index (χ1v) is 5.43. The first-order chi connectivity index (χ1) is 8.26. The number of carbonyl (C=O) groups excluding carboxylic acids is 1. The maximum Gasteiger partial charge on any atom is 0.411 e. The normalized spacial score (nSPS) is 13.1. The van der Waals surface area contributed by atoms with Gasteiger partial charge in [0.2, 0.25) is 5.91 Å². The lowest BCUT2D eigenvalue weighted by atomic mass is 10.1. The van der Waals surface area contributed by atoms with Crippen LogP contribution in [0.2, 0.25) is 0 Å². The van der Waals surface area contributed by atoms with Gasteiger partial charge in [-0.3, -0.25) is 4.79 Å². The molecule has 0 spiro atoms. The molecule has 1 unspecified atom stereocenters. The van der Waals surface area contributed by atoms with Gasteiger partial charge in [-0.25, -0.2) is 4.79 Å². The fraction of sp³-hybridized carbons (Fsp3) is 0.800. The van der Waals surface area contributed by atoms with Crippen molar-refractivity contribution in [1.29, 1.82) is 0 Å². The largest absolute Gasteiger partial charge is 0.480 e. The Hall–Kier alpha value is -1.31. The molecule has 0 aromatic heterocycles. The maximum atomic E-state index is 11.7. The summed E-state index contributed by atoms with van der Waals surface area (Å²) >= 11 is 0. The number of amides is 1. The number of hydrogen-bond acceptors (Lipinski definition) is 3. The van der Waals surface area contributed by atoms with Crippen LogP contribution in [0, 0.1) is 0 Å². The second-order valence-electron chi connectivity index (χ2n) is 3.66. The van der Waals surface area contributed by atoms with Crippen LogP contribution < -0.4 is 5.32 Å². The second-order valence-corrected chi connectivity index (χ2v) is 3.66. The van der Waals surface area contributed by atoms with E-state index in [0.717, 1.165) is 0 Å². The summed E-state index contributed by atoms with van der Waals surface area (Å²) in [5.41, 5.74) is 0. The summed E-state index contributed by atoms with van der Waals surface area (Å²) in [5.74, 6) is -1.81. The highest BCUT2D eigenvalue weighted by Gasteiger charge is 2.27. The minimum Gasteiger partial charge on any atom is -0.480 e. The number of carboxylic acids is 1. The topological polar surface area (TPSA) is 75.6 Å². The number of carboxylic acid groups (broad SMARTS) is 1. The van der Waals surface area contributed by atoms with Gasteiger partial charge in [0.15, 0.2) is 0 Å². The number of ether oxygens (including phenoxy) is 1. The number of hydrogen-bond donors (Lipinski definition) is 2. The van der Waals surface area contributed by atoms with Crippen molar-refractivity contribution in [1.82, 2.24) is 5.32 Å². The summed E-state index contributed by atoms with van der Waals surface area (Å²) in [7, 11) is 0. The summed E-state index contributed by atoms with van der Waals surface area (Å²) in [6.45, 7) is -0.0596. The molecule has 0 aliphatic rings. The number of alkyl halides is 3. The Morgan fingerprint density at radius 1 is 1.39 bits per heavy atom. The molecular weight excluding hydrogens is 255 g/mol. The number of halogens is 3. The minimum atomic E-state index is -4.43. The summed E-state index contributed by atoms with van der Waals surface area (Å²) in [5, 5.41) is 11.0. The van der Waals surface area contributed by atoms with E-state index in [1.807, 2.05) is 0 Å². The first kappa shape index (κ1) is 16.7. The number of rotatable bonds is 8. The molecule has 0 radical (unpaired) electrons. The molecule has 5 nitrogen and oxygen atoms in total. The highest BCUT2D eigenvalue weighted by atomic mass is 19.4. The second kappa shape index (κ2) is 7.91. The van der Waals surface area contributed by atoms with Crippen LogP contribution in [0.5, 0.6) is 0 Å². The molecule has 0 aromatic carbocycles. The molecule has 0 saturated heterocycles. The Labute approximate surface area is 102 Å². The zero-order valence-electron chi connectivity index (χ0n) is 9.92. The quantitative estimate of drug-likeness (QED) is 0.653. The maximum absolute atomic E-state index is 11.7. The molecule has 2 N–H and O–H groups in total. The van der Waals surface area contributed by atoms with Crippen LogP contribution in [0.3, 0.4) is 0 Å². The van der Waals surface area contributed by atoms with Gasteiger partial charge in [-0.05, 0) is 6.42 Å². The zero-order chi connectivity index (χ0) is 14.2. The van der Waals surface area contributed by atoms with Gasteiger partial charge in [0, 0.05) is 6.42 Å². The zero-order valence-corrected chi connectivity index (χ0v) is 9.92. The minimum absolute atomic E-state index is 0.268. The molecule has 0 aromatic rings. The van der Waals surface area contributed by atoms with E-state index in [0.29, 0.717) is 6.42 Å². The van der Waals surface area contributed by atoms with Crippen molar-refractivity contribution < 1.29 is 32.6 Å². The lowest BCUT2D eigenvalue weighted by Crippen LogP contribution is -2.41.